The lowest BCUT2D eigenvalue weighted by Gasteiger charge is -2.11. The molecule has 1 rings (SSSR count). The first kappa shape index (κ1) is 16.5. The number of rotatable bonds is 8. The Balaban J connectivity index is 2.22. The van der Waals surface area contributed by atoms with Gasteiger partial charge in [-0.15, -0.1) is 0 Å². The Morgan fingerprint density at radius 2 is 2.00 bits per heavy atom. The zero-order valence-corrected chi connectivity index (χ0v) is 11.4. The average Bonchev–Trinajstić information content (AvgIpc) is 2.33. The summed E-state index contributed by atoms with van der Waals surface area (Å²) in [7, 11) is 0. The van der Waals surface area contributed by atoms with Crippen LogP contribution in [0.25, 0.3) is 0 Å². The van der Waals surface area contributed by atoms with Gasteiger partial charge in [0.25, 0.3) is 0 Å². The summed E-state index contributed by atoms with van der Waals surface area (Å²) in [4.78, 5) is 11.1. The van der Waals surface area contributed by atoms with Crippen LogP contribution in [0.1, 0.15) is 18.9 Å². The molecule has 0 amide bonds. The predicted octanol–water partition coefficient (Wildman–Crippen LogP) is 1.41. The van der Waals surface area contributed by atoms with Crippen LogP contribution in [0.5, 0.6) is 0 Å². The molecule has 20 heavy (non-hydrogen) atoms. The second-order valence-corrected chi connectivity index (χ2v) is 4.39. The van der Waals surface area contributed by atoms with Crippen LogP contribution in [0.3, 0.4) is 0 Å². The maximum Gasteiger partial charge on any atom is 0.308 e. The Bertz CT molecular complexity index is 420. The van der Waals surface area contributed by atoms with Crippen molar-refractivity contribution in [3.8, 4) is 0 Å². The molecule has 0 aromatic heterocycles. The molecule has 0 aliphatic heterocycles. The number of aliphatic hydroxyl groups is 1. The van der Waals surface area contributed by atoms with Crippen LogP contribution in [-0.4, -0.2) is 36.9 Å². The van der Waals surface area contributed by atoms with Crippen LogP contribution in [0.15, 0.2) is 18.2 Å². The van der Waals surface area contributed by atoms with Gasteiger partial charge in [-0.25, -0.2) is 8.78 Å². The van der Waals surface area contributed by atoms with E-state index in [0.717, 1.165) is 6.07 Å². The lowest BCUT2D eigenvalue weighted by Crippen LogP contribution is -2.30. The van der Waals surface area contributed by atoms with Crippen molar-refractivity contribution in [1.29, 1.82) is 0 Å². The number of nitrogens with one attached hydrogen (secondary N) is 1. The largest absolute Gasteiger partial charge is 0.466 e. The molecule has 0 aliphatic rings. The maximum atomic E-state index is 12.9. The monoisotopic (exact) mass is 287 g/mol. The lowest BCUT2D eigenvalue weighted by atomic mass is 10.1. The van der Waals surface area contributed by atoms with E-state index in [1.165, 1.54) is 12.1 Å². The molecular weight excluding hydrogens is 268 g/mol. The van der Waals surface area contributed by atoms with Gasteiger partial charge in [-0.05, 0) is 37.6 Å². The first-order valence-electron chi connectivity index (χ1n) is 6.50. The quantitative estimate of drug-likeness (QED) is 0.561. The van der Waals surface area contributed by atoms with Crippen LogP contribution < -0.4 is 5.32 Å². The molecule has 2 N–H and O–H groups in total. The third-order valence-corrected chi connectivity index (χ3v) is 2.60. The van der Waals surface area contributed by atoms with Crippen LogP contribution in [-0.2, 0) is 16.0 Å². The molecule has 1 aromatic rings. The van der Waals surface area contributed by atoms with Crippen molar-refractivity contribution < 1.29 is 23.4 Å². The molecule has 0 heterocycles. The molecule has 0 aliphatic carbocycles. The highest BCUT2D eigenvalue weighted by atomic mass is 19.1. The molecule has 112 valence electrons. The van der Waals surface area contributed by atoms with E-state index in [1.807, 2.05) is 0 Å². The van der Waals surface area contributed by atoms with Gasteiger partial charge in [0, 0.05) is 12.6 Å². The Hall–Kier alpha value is -1.53. The van der Waals surface area contributed by atoms with E-state index in [-0.39, 0.29) is 19.6 Å². The van der Waals surface area contributed by atoms with Crippen LogP contribution in [0.4, 0.5) is 8.78 Å². The van der Waals surface area contributed by atoms with E-state index in [1.54, 1.807) is 6.92 Å². The minimum absolute atomic E-state index is 0.0740. The van der Waals surface area contributed by atoms with E-state index in [4.69, 9.17) is 4.74 Å². The van der Waals surface area contributed by atoms with Gasteiger partial charge in [-0.3, -0.25) is 4.79 Å². The summed E-state index contributed by atoms with van der Waals surface area (Å²) in [5.74, 6) is -1.67. The zero-order chi connectivity index (χ0) is 15.0. The molecule has 4 nitrogen and oxygen atoms in total. The van der Waals surface area contributed by atoms with Crippen molar-refractivity contribution in [3.05, 3.63) is 35.4 Å². The summed E-state index contributed by atoms with van der Waals surface area (Å²) in [5.41, 5.74) is 0.537. The van der Waals surface area contributed by atoms with E-state index in [9.17, 15) is 18.7 Å². The first-order chi connectivity index (χ1) is 9.51. The summed E-state index contributed by atoms with van der Waals surface area (Å²) in [5, 5.41) is 12.5. The normalized spacial score (nSPS) is 12.2. The molecule has 0 saturated heterocycles. The molecule has 0 saturated carbocycles. The van der Waals surface area contributed by atoms with Gasteiger partial charge in [0.2, 0.25) is 0 Å². The zero-order valence-electron chi connectivity index (χ0n) is 11.4. The number of hydrogen-bond acceptors (Lipinski definition) is 4. The molecule has 0 spiro atoms. The topological polar surface area (TPSA) is 58.6 Å². The van der Waals surface area contributed by atoms with Gasteiger partial charge in [-0.1, -0.05) is 0 Å². The standard InChI is InChI=1S/C14H19F2NO3/c1-2-20-14(19)8-13(18)9-17-4-3-10-5-11(15)7-12(16)6-10/h5-7,13,17-18H,2-4,8-9H2,1H3. The number of ether oxygens (including phenoxy) is 1. The molecule has 6 heteroatoms. The number of aliphatic hydroxyl groups excluding tert-OH is 1. The Labute approximate surface area is 116 Å². The average molecular weight is 287 g/mol. The third-order valence-electron chi connectivity index (χ3n) is 2.60. The maximum absolute atomic E-state index is 12.9. The predicted molar refractivity (Wildman–Crippen MR) is 70.2 cm³/mol. The molecule has 1 atom stereocenters. The summed E-state index contributed by atoms with van der Waals surface area (Å²) < 4.78 is 30.6. The molecule has 0 bridgehead atoms. The number of benzene rings is 1. The van der Waals surface area contributed by atoms with Crippen molar-refractivity contribution in [2.45, 2.75) is 25.9 Å². The van der Waals surface area contributed by atoms with Crippen molar-refractivity contribution in [3.63, 3.8) is 0 Å². The highest BCUT2D eigenvalue weighted by Gasteiger charge is 2.10. The van der Waals surface area contributed by atoms with Gasteiger partial charge < -0.3 is 15.2 Å². The third kappa shape index (κ3) is 6.58. The van der Waals surface area contributed by atoms with Gasteiger partial charge in [0.05, 0.1) is 19.1 Å². The Morgan fingerprint density at radius 1 is 1.35 bits per heavy atom. The van der Waals surface area contributed by atoms with Crippen LogP contribution >= 0.6 is 0 Å². The summed E-state index contributed by atoms with van der Waals surface area (Å²) >= 11 is 0. The number of carbonyl (C=O) groups excluding carboxylic acids is 1. The minimum Gasteiger partial charge on any atom is -0.466 e. The van der Waals surface area contributed by atoms with Crippen molar-refractivity contribution in [2.75, 3.05) is 19.7 Å². The van der Waals surface area contributed by atoms with E-state index in [0.29, 0.717) is 18.5 Å². The van der Waals surface area contributed by atoms with E-state index >= 15 is 0 Å². The molecule has 0 fully saturated rings. The van der Waals surface area contributed by atoms with E-state index < -0.39 is 23.7 Å². The summed E-state index contributed by atoms with van der Waals surface area (Å²) in [6.45, 7) is 2.64. The van der Waals surface area contributed by atoms with Crippen LogP contribution in [0.2, 0.25) is 0 Å². The van der Waals surface area contributed by atoms with Gasteiger partial charge in [0.15, 0.2) is 0 Å². The van der Waals surface area contributed by atoms with Gasteiger partial charge >= 0.3 is 5.97 Å². The highest BCUT2D eigenvalue weighted by Crippen LogP contribution is 2.08. The second kappa shape index (κ2) is 8.60. The summed E-state index contributed by atoms with van der Waals surface area (Å²) in [6, 6.07) is 3.35. The van der Waals surface area contributed by atoms with Crippen molar-refractivity contribution in [2.24, 2.45) is 0 Å². The molecular formula is C14H19F2NO3. The van der Waals surface area contributed by atoms with Gasteiger partial charge in [0.1, 0.15) is 11.6 Å². The second-order valence-electron chi connectivity index (χ2n) is 4.39. The number of carbonyl (C=O) groups is 1. The minimum atomic E-state index is -0.835. The van der Waals surface area contributed by atoms with Crippen molar-refractivity contribution >= 4 is 5.97 Å². The van der Waals surface area contributed by atoms with Gasteiger partial charge in [-0.2, -0.15) is 0 Å². The fourth-order valence-electron chi connectivity index (χ4n) is 1.74. The number of esters is 1. The number of hydrogen-bond donors (Lipinski definition) is 2. The van der Waals surface area contributed by atoms with E-state index in [2.05, 4.69) is 5.32 Å². The first-order valence-corrected chi connectivity index (χ1v) is 6.50. The molecule has 1 unspecified atom stereocenters. The van der Waals surface area contributed by atoms with Crippen LogP contribution in [0, 0.1) is 11.6 Å². The fourth-order valence-corrected chi connectivity index (χ4v) is 1.74. The fraction of sp³-hybridized carbons (Fsp3) is 0.500. The SMILES string of the molecule is CCOC(=O)CC(O)CNCCc1cc(F)cc(F)c1. The molecule has 1 aromatic carbocycles. The smallest absolute Gasteiger partial charge is 0.308 e. The highest BCUT2D eigenvalue weighted by molar-refractivity contribution is 5.69. The Kier molecular flexibility index (Phi) is 7.11. The molecule has 0 radical (unpaired) electrons. The Morgan fingerprint density at radius 3 is 2.60 bits per heavy atom. The number of halogens is 2. The lowest BCUT2D eigenvalue weighted by molar-refractivity contribution is -0.145. The summed E-state index contributed by atoms with van der Waals surface area (Å²) in [6.07, 6.45) is -0.478. The van der Waals surface area contributed by atoms with Crippen molar-refractivity contribution in [1.82, 2.24) is 5.32 Å².